The fraction of sp³-hybridized carbons (Fsp3) is 0.821. The monoisotopic (exact) mass is 615 g/mol. The van der Waals surface area contributed by atoms with E-state index in [1.165, 1.54) is 6.92 Å². The van der Waals surface area contributed by atoms with Crippen LogP contribution in [0.2, 0.25) is 0 Å². The largest absolute Gasteiger partial charge is 0.461 e. The van der Waals surface area contributed by atoms with E-state index in [9.17, 15) is 19.2 Å². The first-order valence-electron chi connectivity index (χ1n) is 14.4. The van der Waals surface area contributed by atoms with Crippen LogP contribution in [-0.2, 0) is 38.0 Å². The third kappa shape index (κ3) is 13.9. The number of amides is 3. The summed E-state index contributed by atoms with van der Waals surface area (Å²) in [4.78, 5) is 52.5. The third-order valence-electron chi connectivity index (χ3n) is 5.73. The number of hydrogen-bond acceptors (Lipinski definition) is 12. The maximum atomic E-state index is 12.6. The Morgan fingerprint density at radius 2 is 1.44 bits per heavy atom. The minimum absolute atomic E-state index is 0.0459. The van der Waals surface area contributed by atoms with Crippen LogP contribution in [0.5, 0.6) is 0 Å². The molecule has 5 atom stereocenters. The van der Waals surface area contributed by atoms with Gasteiger partial charge in [0, 0.05) is 20.0 Å². The quantitative estimate of drug-likeness (QED) is 0.0923. The molecule has 2 aliphatic rings. The molecule has 0 radical (unpaired) electrons. The minimum atomic E-state index is -0.838. The second kappa shape index (κ2) is 15.1. The first-order chi connectivity index (χ1) is 19.7. The number of carbonyl (C=O) groups is 4. The van der Waals surface area contributed by atoms with Crippen molar-refractivity contribution in [3.05, 3.63) is 0 Å². The van der Waals surface area contributed by atoms with Crippen LogP contribution in [0.3, 0.4) is 0 Å². The summed E-state index contributed by atoms with van der Waals surface area (Å²) in [6, 6.07) is 0. The summed E-state index contributed by atoms with van der Waals surface area (Å²) >= 11 is 0. The maximum absolute atomic E-state index is 12.6. The molecular formula is C28H49N5O10. The van der Waals surface area contributed by atoms with Gasteiger partial charge in [-0.1, -0.05) is 0 Å². The highest BCUT2D eigenvalue weighted by Gasteiger charge is 2.55. The number of rotatable bonds is 10. The summed E-state index contributed by atoms with van der Waals surface area (Å²) in [7, 11) is 0. The molecule has 246 valence electrons. The zero-order valence-corrected chi connectivity index (χ0v) is 27.0. The van der Waals surface area contributed by atoms with Gasteiger partial charge in [-0.3, -0.25) is 25.2 Å². The van der Waals surface area contributed by atoms with E-state index in [0.717, 1.165) is 0 Å². The molecule has 15 nitrogen and oxygen atoms in total. The van der Waals surface area contributed by atoms with Gasteiger partial charge in [-0.25, -0.2) is 9.59 Å². The molecule has 2 rings (SSSR count). The van der Waals surface area contributed by atoms with E-state index >= 15 is 0 Å². The second-order valence-corrected chi connectivity index (χ2v) is 12.9. The van der Waals surface area contributed by atoms with Crippen LogP contribution >= 0.6 is 0 Å². The van der Waals surface area contributed by atoms with Gasteiger partial charge in [-0.15, -0.1) is 0 Å². The van der Waals surface area contributed by atoms with Crippen LogP contribution in [0.25, 0.3) is 0 Å². The van der Waals surface area contributed by atoms with Gasteiger partial charge in [0.1, 0.15) is 29.5 Å². The van der Waals surface area contributed by atoms with Crippen molar-refractivity contribution in [3.63, 3.8) is 0 Å². The molecule has 4 N–H and O–H groups in total. The summed E-state index contributed by atoms with van der Waals surface area (Å²) in [6.07, 6.45) is -3.76. The van der Waals surface area contributed by atoms with Gasteiger partial charge in [0.25, 0.3) is 0 Å². The summed E-state index contributed by atoms with van der Waals surface area (Å²) in [6.45, 7) is 18.0. The lowest BCUT2D eigenvalue weighted by Crippen LogP contribution is -2.47. The zero-order chi connectivity index (χ0) is 32.6. The van der Waals surface area contributed by atoms with E-state index in [0.29, 0.717) is 13.1 Å². The number of aliphatic imine (C=N–C) groups is 1. The molecule has 2 aliphatic heterocycles. The highest BCUT2D eigenvalue weighted by atomic mass is 16.8. The summed E-state index contributed by atoms with van der Waals surface area (Å²) in [5, 5.41) is 10.9. The fourth-order valence-corrected chi connectivity index (χ4v) is 4.34. The highest BCUT2D eigenvalue weighted by Crippen LogP contribution is 2.39. The van der Waals surface area contributed by atoms with Gasteiger partial charge in [0.05, 0.1) is 31.7 Å². The van der Waals surface area contributed by atoms with E-state index in [-0.39, 0.29) is 31.4 Å². The highest BCUT2D eigenvalue weighted by molar-refractivity contribution is 6.01. The Labute approximate surface area is 253 Å². The number of fused-ring (bicyclic) bond motifs is 1. The molecule has 15 heteroatoms. The van der Waals surface area contributed by atoms with Gasteiger partial charge in [-0.05, 0) is 62.3 Å². The first-order valence-corrected chi connectivity index (χ1v) is 14.4. The Balaban J connectivity index is 1.93. The number of esters is 1. The van der Waals surface area contributed by atoms with Crippen molar-refractivity contribution >= 4 is 30.0 Å². The number of nitrogens with one attached hydrogen (secondary N) is 4. The van der Waals surface area contributed by atoms with Crippen LogP contribution in [0.4, 0.5) is 9.59 Å². The third-order valence-corrected chi connectivity index (χ3v) is 5.73. The zero-order valence-electron chi connectivity index (χ0n) is 27.0. The molecule has 2 heterocycles. The molecule has 0 saturated carbocycles. The Hall–Kier alpha value is -3.01. The smallest absolute Gasteiger partial charge is 0.414 e. The van der Waals surface area contributed by atoms with E-state index in [1.54, 1.807) is 62.3 Å². The van der Waals surface area contributed by atoms with Crippen molar-refractivity contribution in [2.24, 2.45) is 4.99 Å². The lowest BCUT2D eigenvalue weighted by molar-refractivity contribution is -0.187. The van der Waals surface area contributed by atoms with E-state index in [2.05, 4.69) is 26.3 Å². The number of carbonyl (C=O) groups excluding carboxylic acids is 4. The van der Waals surface area contributed by atoms with Crippen molar-refractivity contribution in [2.75, 3.05) is 26.2 Å². The normalized spacial score (nSPS) is 23.4. The molecule has 0 spiro atoms. The molecule has 0 bridgehead atoms. The molecule has 43 heavy (non-hydrogen) atoms. The fourth-order valence-electron chi connectivity index (χ4n) is 4.34. The molecule has 0 aromatic carbocycles. The molecule has 0 aliphatic carbocycles. The van der Waals surface area contributed by atoms with Gasteiger partial charge in [-0.2, -0.15) is 0 Å². The molecule has 3 amide bonds. The van der Waals surface area contributed by atoms with Gasteiger partial charge < -0.3 is 39.1 Å². The van der Waals surface area contributed by atoms with Gasteiger partial charge in [0.15, 0.2) is 5.79 Å². The van der Waals surface area contributed by atoms with E-state index < -0.39 is 65.7 Å². The Bertz CT molecular complexity index is 988. The SMILES string of the molecule is CC(=O)O[C@H](C)CNC(=O)C[C@H]1O[C@@H](CNCCN=C(NC(=O)OC(C)(C)C)NC(=O)OC(C)(C)C)[C@H]2OC(C)(C)O[C@H]21. The number of guanidine groups is 1. The standard InChI is InChI=1S/C28H49N5O10/c1-16(38-17(2)34)14-31-20(35)13-18-21-22(41-28(9,10)40-21)19(39-18)15-29-11-12-30-23(32-24(36)42-26(3,4)5)33-25(37)43-27(6,7)8/h16,18-19,21-22,29H,11-15H2,1-10H3,(H,31,35)(H2,30,32,33,36,37)/t16-,18-,19+,21+,22-/m1/s1. The molecule has 0 aromatic heterocycles. The van der Waals surface area contributed by atoms with Gasteiger partial charge in [0.2, 0.25) is 11.9 Å². The van der Waals surface area contributed by atoms with Crippen molar-refractivity contribution in [1.82, 2.24) is 21.3 Å². The number of ether oxygens (including phenoxy) is 6. The molecule has 0 unspecified atom stereocenters. The van der Waals surface area contributed by atoms with Crippen molar-refractivity contribution in [1.29, 1.82) is 0 Å². The first kappa shape index (κ1) is 36.2. The lowest BCUT2D eigenvalue weighted by Gasteiger charge is -2.24. The number of alkyl carbamates (subject to hydrolysis) is 2. The Morgan fingerprint density at radius 1 is 0.907 bits per heavy atom. The Morgan fingerprint density at radius 3 is 1.95 bits per heavy atom. The molecule has 0 aromatic rings. The van der Waals surface area contributed by atoms with E-state index in [4.69, 9.17) is 28.4 Å². The summed E-state index contributed by atoms with van der Waals surface area (Å²) in [5.74, 6) is -1.64. The predicted molar refractivity (Wildman–Crippen MR) is 155 cm³/mol. The van der Waals surface area contributed by atoms with Crippen molar-refractivity contribution in [2.45, 2.75) is 123 Å². The topological polar surface area (TPSA) is 184 Å². The summed E-state index contributed by atoms with van der Waals surface area (Å²) < 4.78 is 33.8. The van der Waals surface area contributed by atoms with Gasteiger partial charge >= 0.3 is 18.2 Å². The van der Waals surface area contributed by atoms with Crippen LogP contribution in [0.15, 0.2) is 4.99 Å². The second-order valence-electron chi connectivity index (χ2n) is 12.9. The minimum Gasteiger partial charge on any atom is -0.461 e. The van der Waals surface area contributed by atoms with Crippen LogP contribution in [0, 0.1) is 0 Å². The van der Waals surface area contributed by atoms with Crippen molar-refractivity contribution in [3.8, 4) is 0 Å². The molecule has 2 saturated heterocycles. The molecule has 2 fully saturated rings. The summed E-state index contributed by atoms with van der Waals surface area (Å²) in [5.41, 5.74) is -1.49. The van der Waals surface area contributed by atoms with Crippen LogP contribution in [0.1, 0.15) is 75.7 Å². The number of nitrogens with zero attached hydrogens (tertiary/aromatic N) is 1. The lowest BCUT2D eigenvalue weighted by atomic mass is 10.1. The van der Waals surface area contributed by atoms with E-state index in [1.807, 2.05) is 0 Å². The Kier molecular flexibility index (Phi) is 12.7. The average Bonchev–Trinajstić information content (AvgIpc) is 3.27. The maximum Gasteiger partial charge on any atom is 0.414 e. The van der Waals surface area contributed by atoms with Crippen molar-refractivity contribution < 1.29 is 47.6 Å². The average molecular weight is 616 g/mol. The van der Waals surface area contributed by atoms with Crippen LogP contribution in [-0.4, -0.2) is 104 Å². The van der Waals surface area contributed by atoms with Crippen LogP contribution < -0.4 is 21.3 Å². The predicted octanol–water partition coefficient (Wildman–Crippen LogP) is 1.73. The molecular weight excluding hydrogens is 566 g/mol. The number of hydrogen-bond donors (Lipinski definition) is 4.